The van der Waals surface area contributed by atoms with E-state index < -0.39 is 5.91 Å². The normalized spacial score (nSPS) is 10.2. The third-order valence-corrected chi connectivity index (χ3v) is 3.94. The van der Waals surface area contributed by atoms with Gasteiger partial charge in [0.25, 0.3) is 5.91 Å². The van der Waals surface area contributed by atoms with Crippen molar-refractivity contribution in [3.8, 4) is 0 Å². The molecular formula is C14H13ClN2O2S. The Labute approximate surface area is 125 Å². The number of benzene rings is 1. The van der Waals surface area contributed by atoms with E-state index in [0.717, 1.165) is 10.4 Å². The number of thiophene rings is 1. The molecule has 1 aromatic carbocycles. The molecule has 2 aromatic rings. The van der Waals surface area contributed by atoms with Crippen LogP contribution in [0.4, 0.5) is 5.00 Å². The fraction of sp³-hybridized carbons (Fsp3) is 0.143. The Morgan fingerprint density at radius 2 is 1.95 bits per heavy atom. The zero-order valence-electron chi connectivity index (χ0n) is 10.6. The van der Waals surface area contributed by atoms with Gasteiger partial charge in [-0.25, -0.2) is 0 Å². The predicted octanol–water partition coefficient (Wildman–Crippen LogP) is 2.62. The summed E-state index contributed by atoms with van der Waals surface area (Å²) in [6.45, 7) is 0. The van der Waals surface area contributed by atoms with Gasteiger partial charge in [0.15, 0.2) is 0 Å². The van der Waals surface area contributed by atoms with Gasteiger partial charge in [-0.1, -0.05) is 30.3 Å². The van der Waals surface area contributed by atoms with Crippen molar-refractivity contribution >= 4 is 39.8 Å². The van der Waals surface area contributed by atoms with Crippen LogP contribution in [-0.2, 0) is 11.2 Å². The number of halogens is 1. The SMILES string of the molecule is NC(=O)c1cc(Cc2ccccc2)sc1NC(=O)CCl. The minimum Gasteiger partial charge on any atom is -0.366 e. The summed E-state index contributed by atoms with van der Waals surface area (Å²) in [5.41, 5.74) is 6.77. The second-order valence-corrected chi connectivity index (χ2v) is 5.57. The molecule has 0 bridgehead atoms. The van der Waals surface area contributed by atoms with Gasteiger partial charge in [-0.15, -0.1) is 22.9 Å². The van der Waals surface area contributed by atoms with Crippen LogP contribution in [0.5, 0.6) is 0 Å². The highest BCUT2D eigenvalue weighted by Gasteiger charge is 2.15. The molecule has 0 spiro atoms. The lowest BCUT2D eigenvalue weighted by Gasteiger charge is -2.00. The summed E-state index contributed by atoms with van der Waals surface area (Å²) in [5, 5.41) is 3.05. The number of alkyl halides is 1. The van der Waals surface area contributed by atoms with Crippen LogP contribution < -0.4 is 11.1 Å². The van der Waals surface area contributed by atoms with Crippen LogP contribution in [0.2, 0.25) is 0 Å². The third kappa shape index (κ3) is 3.59. The molecule has 0 saturated carbocycles. The highest BCUT2D eigenvalue weighted by atomic mass is 35.5. The monoisotopic (exact) mass is 308 g/mol. The van der Waals surface area contributed by atoms with Crippen LogP contribution >= 0.6 is 22.9 Å². The summed E-state index contributed by atoms with van der Waals surface area (Å²) in [6, 6.07) is 11.6. The van der Waals surface area contributed by atoms with E-state index in [1.54, 1.807) is 6.07 Å². The van der Waals surface area contributed by atoms with Crippen LogP contribution in [0.25, 0.3) is 0 Å². The second kappa shape index (κ2) is 6.54. The van der Waals surface area contributed by atoms with Gasteiger partial charge in [0.2, 0.25) is 5.91 Å². The summed E-state index contributed by atoms with van der Waals surface area (Å²) in [6.07, 6.45) is 0.683. The molecule has 0 radical (unpaired) electrons. The Hall–Kier alpha value is -1.85. The second-order valence-electron chi connectivity index (χ2n) is 4.16. The van der Waals surface area contributed by atoms with Gasteiger partial charge < -0.3 is 11.1 Å². The average molecular weight is 309 g/mol. The van der Waals surface area contributed by atoms with Crippen LogP contribution in [-0.4, -0.2) is 17.7 Å². The Morgan fingerprint density at radius 3 is 2.55 bits per heavy atom. The minimum atomic E-state index is -0.564. The van der Waals surface area contributed by atoms with E-state index in [9.17, 15) is 9.59 Å². The molecule has 104 valence electrons. The van der Waals surface area contributed by atoms with Gasteiger partial charge in [-0.3, -0.25) is 9.59 Å². The summed E-state index contributed by atoms with van der Waals surface area (Å²) in [4.78, 5) is 23.7. The molecule has 0 saturated heterocycles. The summed E-state index contributed by atoms with van der Waals surface area (Å²) >= 11 is 6.78. The molecule has 0 unspecified atom stereocenters. The number of anilines is 1. The van der Waals surface area contributed by atoms with E-state index in [4.69, 9.17) is 17.3 Å². The Bertz CT molecular complexity index is 625. The molecule has 0 aliphatic carbocycles. The molecule has 2 amide bonds. The van der Waals surface area contributed by atoms with Crippen LogP contribution in [0, 0.1) is 0 Å². The molecule has 20 heavy (non-hydrogen) atoms. The maximum absolute atomic E-state index is 11.4. The van der Waals surface area contributed by atoms with Gasteiger partial charge >= 0.3 is 0 Å². The number of nitrogens with one attached hydrogen (secondary N) is 1. The van der Waals surface area contributed by atoms with Gasteiger partial charge in [-0.05, 0) is 11.6 Å². The lowest BCUT2D eigenvalue weighted by molar-refractivity contribution is -0.113. The molecule has 1 heterocycles. The number of nitrogens with two attached hydrogens (primary N) is 1. The van der Waals surface area contributed by atoms with Crippen molar-refractivity contribution < 1.29 is 9.59 Å². The standard InChI is InChI=1S/C14H13ClN2O2S/c15-8-12(18)17-14-11(13(16)19)7-10(20-14)6-9-4-2-1-3-5-9/h1-5,7H,6,8H2,(H2,16,19)(H,17,18). The highest BCUT2D eigenvalue weighted by Crippen LogP contribution is 2.29. The molecule has 6 heteroatoms. The number of hydrogen-bond acceptors (Lipinski definition) is 3. The molecular weight excluding hydrogens is 296 g/mol. The Kier molecular flexibility index (Phi) is 4.76. The Morgan fingerprint density at radius 1 is 1.25 bits per heavy atom. The van der Waals surface area contributed by atoms with Crippen molar-refractivity contribution in [2.24, 2.45) is 5.73 Å². The van der Waals surface area contributed by atoms with Crippen molar-refractivity contribution in [2.75, 3.05) is 11.2 Å². The van der Waals surface area contributed by atoms with Gasteiger partial charge in [-0.2, -0.15) is 0 Å². The number of carbonyl (C=O) groups is 2. The summed E-state index contributed by atoms with van der Waals surface area (Å²) in [7, 11) is 0. The van der Waals surface area contributed by atoms with Crippen molar-refractivity contribution in [1.82, 2.24) is 0 Å². The van der Waals surface area contributed by atoms with E-state index in [0.29, 0.717) is 17.0 Å². The maximum Gasteiger partial charge on any atom is 0.251 e. The highest BCUT2D eigenvalue weighted by molar-refractivity contribution is 7.16. The first-order valence-electron chi connectivity index (χ1n) is 5.92. The number of amides is 2. The fourth-order valence-corrected chi connectivity index (χ4v) is 2.94. The van der Waals surface area contributed by atoms with Crippen molar-refractivity contribution in [1.29, 1.82) is 0 Å². The molecule has 0 fully saturated rings. The van der Waals surface area contributed by atoms with Gasteiger partial charge in [0, 0.05) is 11.3 Å². The quantitative estimate of drug-likeness (QED) is 0.833. The Balaban J connectivity index is 2.25. The van der Waals surface area contributed by atoms with Gasteiger partial charge in [0.05, 0.1) is 5.56 Å². The average Bonchev–Trinajstić information content (AvgIpc) is 2.82. The number of rotatable bonds is 5. The molecule has 0 aliphatic heterocycles. The summed E-state index contributed by atoms with van der Waals surface area (Å²) in [5.74, 6) is -1.09. The first kappa shape index (κ1) is 14.6. The van der Waals surface area contributed by atoms with Crippen LogP contribution in [0.1, 0.15) is 20.8 Å². The zero-order chi connectivity index (χ0) is 14.5. The maximum atomic E-state index is 11.4. The van der Waals surface area contributed by atoms with E-state index in [-0.39, 0.29) is 11.8 Å². The molecule has 3 N–H and O–H groups in total. The van der Waals surface area contributed by atoms with E-state index >= 15 is 0 Å². The van der Waals surface area contributed by atoms with Crippen LogP contribution in [0.3, 0.4) is 0 Å². The third-order valence-electron chi connectivity index (χ3n) is 2.64. The lowest BCUT2D eigenvalue weighted by Crippen LogP contribution is -2.16. The largest absolute Gasteiger partial charge is 0.366 e. The molecule has 0 aliphatic rings. The minimum absolute atomic E-state index is 0.163. The smallest absolute Gasteiger partial charge is 0.251 e. The first-order valence-corrected chi connectivity index (χ1v) is 7.27. The number of hydrogen-bond donors (Lipinski definition) is 2. The number of primary amides is 1. The molecule has 1 aromatic heterocycles. The van der Waals surface area contributed by atoms with Crippen LogP contribution in [0.15, 0.2) is 36.4 Å². The van der Waals surface area contributed by atoms with Crippen molar-refractivity contribution in [2.45, 2.75) is 6.42 Å². The van der Waals surface area contributed by atoms with Crippen molar-refractivity contribution in [3.63, 3.8) is 0 Å². The zero-order valence-corrected chi connectivity index (χ0v) is 12.1. The van der Waals surface area contributed by atoms with E-state index in [1.807, 2.05) is 30.3 Å². The van der Waals surface area contributed by atoms with E-state index in [2.05, 4.69) is 5.32 Å². The molecule has 0 atom stereocenters. The summed E-state index contributed by atoms with van der Waals surface area (Å²) < 4.78 is 0. The van der Waals surface area contributed by atoms with E-state index in [1.165, 1.54) is 11.3 Å². The fourth-order valence-electron chi connectivity index (χ4n) is 1.76. The first-order chi connectivity index (χ1) is 9.60. The molecule has 4 nitrogen and oxygen atoms in total. The number of carbonyl (C=O) groups excluding carboxylic acids is 2. The predicted molar refractivity (Wildman–Crippen MR) is 81.4 cm³/mol. The van der Waals surface area contributed by atoms with Gasteiger partial charge in [0.1, 0.15) is 10.9 Å². The molecule has 2 rings (SSSR count). The van der Waals surface area contributed by atoms with Crippen molar-refractivity contribution in [3.05, 3.63) is 52.4 Å². The topological polar surface area (TPSA) is 72.2 Å². The lowest BCUT2D eigenvalue weighted by atomic mass is 10.1.